The molecule has 1 aromatic rings. The van der Waals surface area contributed by atoms with Gasteiger partial charge in [0.05, 0.1) is 12.4 Å². The number of aliphatic hydroxyl groups is 1. The van der Waals surface area contributed by atoms with E-state index < -0.39 is 0 Å². The number of nitrogens with zero attached hydrogens (tertiary/aromatic N) is 2. The highest BCUT2D eigenvalue weighted by Crippen LogP contribution is 2.28. The molecule has 4 heteroatoms. The van der Waals surface area contributed by atoms with Crippen molar-refractivity contribution >= 4 is 5.82 Å². The van der Waals surface area contributed by atoms with E-state index in [1.54, 1.807) is 6.33 Å². The number of imidazole rings is 1. The average molecular weight is 181 g/mol. The molecule has 1 aliphatic carbocycles. The molecule has 0 radical (unpaired) electrons. The summed E-state index contributed by atoms with van der Waals surface area (Å²) >= 11 is 0. The molecular weight excluding hydrogens is 166 g/mol. The summed E-state index contributed by atoms with van der Waals surface area (Å²) in [5.74, 6) is 0.575. The van der Waals surface area contributed by atoms with Crippen LogP contribution in [0.3, 0.4) is 0 Å². The Hall–Kier alpha value is -1.03. The van der Waals surface area contributed by atoms with Gasteiger partial charge in [-0.15, -0.1) is 0 Å². The molecule has 72 valence electrons. The monoisotopic (exact) mass is 181 g/mol. The molecule has 13 heavy (non-hydrogen) atoms. The Labute approximate surface area is 77.4 Å². The van der Waals surface area contributed by atoms with Gasteiger partial charge in [0, 0.05) is 12.2 Å². The van der Waals surface area contributed by atoms with Gasteiger partial charge in [0.1, 0.15) is 5.82 Å². The van der Waals surface area contributed by atoms with Gasteiger partial charge >= 0.3 is 0 Å². The largest absolute Gasteiger partial charge is 0.393 e. The van der Waals surface area contributed by atoms with E-state index in [2.05, 4.69) is 9.55 Å². The highest BCUT2D eigenvalue weighted by molar-refractivity contribution is 5.22. The first-order valence-electron chi connectivity index (χ1n) is 4.72. The van der Waals surface area contributed by atoms with Crippen LogP contribution in [0.1, 0.15) is 31.7 Å². The van der Waals surface area contributed by atoms with Crippen molar-refractivity contribution in [2.45, 2.75) is 37.8 Å². The van der Waals surface area contributed by atoms with E-state index in [1.165, 1.54) is 0 Å². The van der Waals surface area contributed by atoms with Gasteiger partial charge in [0.15, 0.2) is 0 Å². The summed E-state index contributed by atoms with van der Waals surface area (Å²) in [6, 6.07) is 0.480. The third kappa shape index (κ3) is 1.83. The second-order valence-corrected chi connectivity index (χ2v) is 3.71. The molecule has 0 aliphatic heterocycles. The van der Waals surface area contributed by atoms with E-state index in [-0.39, 0.29) is 6.10 Å². The Balaban J connectivity index is 2.02. The smallest absolute Gasteiger partial charge is 0.141 e. The van der Waals surface area contributed by atoms with Crippen molar-refractivity contribution in [3.63, 3.8) is 0 Å². The predicted molar refractivity (Wildman–Crippen MR) is 50.2 cm³/mol. The van der Waals surface area contributed by atoms with E-state index in [0.29, 0.717) is 11.9 Å². The molecule has 0 amide bonds. The zero-order chi connectivity index (χ0) is 9.26. The van der Waals surface area contributed by atoms with Crippen molar-refractivity contribution in [1.29, 1.82) is 0 Å². The molecule has 3 N–H and O–H groups in total. The van der Waals surface area contributed by atoms with Crippen LogP contribution in [0.2, 0.25) is 0 Å². The molecule has 0 spiro atoms. The number of rotatable bonds is 1. The molecule has 0 saturated heterocycles. The SMILES string of the molecule is Nc1cn(C2CCC(O)CC2)cn1. The number of aromatic nitrogens is 2. The third-order valence-corrected chi connectivity index (χ3v) is 2.71. The van der Waals surface area contributed by atoms with Crippen LogP contribution < -0.4 is 5.73 Å². The lowest BCUT2D eigenvalue weighted by molar-refractivity contribution is 0.110. The molecule has 0 unspecified atom stereocenters. The van der Waals surface area contributed by atoms with Crippen molar-refractivity contribution in [3.05, 3.63) is 12.5 Å². The average Bonchev–Trinajstić information content (AvgIpc) is 2.53. The van der Waals surface area contributed by atoms with Crippen LogP contribution in [0.4, 0.5) is 5.82 Å². The molecular formula is C9H15N3O. The Bertz CT molecular complexity index is 276. The zero-order valence-corrected chi connectivity index (χ0v) is 7.56. The number of nitrogens with two attached hydrogens (primary N) is 1. The van der Waals surface area contributed by atoms with Crippen LogP contribution in [0.5, 0.6) is 0 Å². The lowest BCUT2D eigenvalue weighted by Gasteiger charge is -2.26. The molecule has 1 aromatic heterocycles. The van der Waals surface area contributed by atoms with Gasteiger partial charge in [-0.2, -0.15) is 0 Å². The normalized spacial score (nSPS) is 29.0. The lowest BCUT2D eigenvalue weighted by atomic mass is 9.93. The van der Waals surface area contributed by atoms with Gasteiger partial charge in [-0.1, -0.05) is 0 Å². The maximum absolute atomic E-state index is 9.33. The number of hydrogen-bond acceptors (Lipinski definition) is 3. The topological polar surface area (TPSA) is 64.1 Å². The quantitative estimate of drug-likeness (QED) is 0.677. The third-order valence-electron chi connectivity index (χ3n) is 2.71. The van der Waals surface area contributed by atoms with Gasteiger partial charge in [-0.05, 0) is 25.7 Å². The Morgan fingerprint density at radius 2 is 2.08 bits per heavy atom. The Kier molecular flexibility index (Phi) is 2.22. The van der Waals surface area contributed by atoms with Crippen molar-refractivity contribution in [1.82, 2.24) is 9.55 Å². The van der Waals surface area contributed by atoms with Crippen molar-refractivity contribution in [2.75, 3.05) is 5.73 Å². The van der Waals surface area contributed by atoms with Crippen LogP contribution >= 0.6 is 0 Å². The van der Waals surface area contributed by atoms with Gasteiger partial charge in [0.25, 0.3) is 0 Å². The van der Waals surface area contributed by atoms with E-state index in [9.17, 15) is 5.11 Å². The summed E-state index contributed by atoms with van der Waals surface area (Å²) in [4.78, 5) is 3.99. The van der Waals surface area contributed by atoms with E-state index in [4.69, 9.17) is 5.73 Å². The number of hydrogen-bond donors (Lipinski definition) is 2. The van der Waals surface area contributed by atoms with Crippen molar-refractivity contribution < 1.29 is 5.11 Å². The summed E-state index contributed by atoms with van der Waals surface area (Å²) in [5.41, 5.74) is 5.53. The second-order valence-electron chi connectivity index (χ2n) is 3.71. The van der Waals surface area contributed by atoms with Crippen LogP contribution in [0, 0.1) is 0 Å². The molecule has 0 atom stereocenters. The van der Waals surface area contributed by atoms with Crippen LogP contribution in [0.15, 0.2) is 12.5 Å². The van der Waals surface area contributed by atoms with Crippen LogP contribution in [0.25, 0.3) is 0 Å². The van der Waals surface area contributed by atoms with Crippen LogP contribution in [-0.4, -0.2) is 20.8 Å². The fourth-order valence-corrected chi connectivity index (χ4v) is 1.91. The summed E-state index contributed by atoms with van der Waals surface area (Å²) in [6.07, 6.45) is 7.37. The van der Waals surface area contributed by atoms with Crippen molar-refractivity contribution in [3.8, 4) is 0 Å². The molecule has 2 rings (SSSR count). The van der Waals surface area contributed by atoms with E-state index >= 15 is 0 Å². The van der Waals surface area contributed by atoms with Gasteiger partial charge in [-0.3, -0.25) is 0 Å². The second kappa shape index (κ2) is 3.38. The van der Waals surface area contributed by atoms with Crippen LogP contribution in [-0.2, 0) is 0 Å². The minimum Gasteiger partial charge on any atom is -0.393 e. The fourth-order valence-electron chi connectivity index (χ4n) is 1.91. The highest BCUT2D eigenvalue weighted by atomic mass is 16.3. The lowest BCUT2D eigenvalue weighted by Crippen LogP contribution is -2.20. The maximum atomic E-state index is 9.33. The number of aliphatic hydroxyl groups excluding tert-OH is 1. The fraction of sp³-hybridized carbons (Fsp3) is 0.667. The molecule has 0 bridgehead atoms. The van der Waals surface area contributed by atoms with Crippen molar-refractivity contribution in [2.24, 2.45) is 0 Å². The first kappa shape index (κ1) is 8.56. The molecule has 1 heterocycles. The molecule has 1 saturated carbocycles. The molecule has 1 fully saturated rings. The first-order chi connectivity index (χ1) is 6.25. The predicted octanol–water partition coefficient (Wildman–Crippen LogP) is 0.941. The minimum atomic E-state index is -0.0999. The zero-order valence-electron chi connectivity index (χ0n) is 7.56. The molecule has 0 aromatic carbocycles. The number of anilines is 1. The maximum Gasteiger partial charge on any atom is 0.141 e. The molecule has 4 nitrogen and oxygen atoms in total. The Morgan fingerprint density at radius 1 is 1.38 bits per heavy atom. The van der Waals surface area contributed by atoms with Gasteiger partial charge < -0.3 is 15.4 Å². The van der Waals surface area contributed by atoms with E-state index in [1.807, 2.05) is 6.20 Å². The summed E-state index contributed by atoms with van der Waals surface area (Å²) in [6.45, 7) is 0. The summed E-state index contributed by atoms with van der Waals surface area (Å²) in [5, 5.41) is 9.33. The summed E-state index contributed by atoms with van der Waals surface area (Å²) < 4.78 is 2.06. The first-order valence-corrected chi connectivity index (χ1v) is 4.72. The molecule has 1 aliphatic rings. The van der Waals surface area contributed by atoms with Gasteiger partial charge in [0.2, 0.25) is 0 Å². The van der Waals surface area contributed by atoms with E-state index in [0.717, 1.165) is 25.7 Å². The Morgan fingerprint density at radius 3 is 2.62 bits per heavy atom. The standard InChI is InChI=1S/C9H15N3O/c10-9-5-12(6-11-9)7-1-3-8(13)4-2-7/h5-8,13H,1-4,10H2. The van der Waals surface area contributed by atoms with Gasteiger partial charge in [-0.25, -0.2) is 4.98 Å². The highest BCUT2D eigenvalue weighted by Gasteiger charge is 2.20. The minimum absolute atomic E-state index is 0.0999. The summed E-state index contributed by atoms with van der Waals surface area (Å²) in [7, 11) is 0. The number of nitrogen functional groups attached to an aromatic ring is 1.